The molecule has 11 heteroatoms. The van der Waals surface area contributed by atoms with Gasteiger partial charge >= 0.3 is 12.1 Å². The average molecular weight is 440 g/mol. The number of carbonyl (C=O) groups is 3. The number of carboxylic acid groups (broad SMARTS) is 1. The lowest BCUT2D eigenvalue weighted by atomic mass is 10.1. The average Bonchev–Trinajstić information content (AvgIpc) is 2.72. The second-order valence-corrected chi connectivity index (χ2v) is 7.37. The minimum Gasteiger partial charge on any atom is -0.480 e. The van der Waals surface area contributed by atoms with E-state index in [9.17, 15) is 19.5 Å². The smallest absolute Gasteiger partial charge is 0.408 e. The Hall–Kier alpha value is -2.95. The number of nitrogens with two attached hydrogens (primary N) is 2. The van der Waals surface area contributed by atoms with Gasteiger partial charge in [0, 0.05) is 6.54 Å². The summed E-state index contributed by atoms with van der Waals surface area (Å²) in [6.45, 7) is 0.314. The van der Waals surface area contributed by atoms with Crippen molar-refractivity contribution in [3.05, 3.63) is 35.9 Å². The maximum Gasteiger partial charge on any atom is 0.408 e. The highest BCUT2D eigenvalue weighted by atomic mass is 32.2. The first-order valence-corrected chi connectivity index (χ1v) is 10.8. The minimum absolute atomic E-state index is 0.0616. The third-order valence-corrected chi connectivity index (χ3v) is 4.64. The van der Waals surface area contributed by atoms with Crippen molar-refractivity contribution < 1.29 is 24.2 Å². The molecule has 0 aromatic heterocycles. The summed E-state index contributed by atoms with van der Waals surface area (Å²) in [7, 11) is 0. The maximum atomic E-state index is 12.6. The predicted octanol–water partition coefficient (Wildman–Crippen LogP) is 0.658. The largest absolute Gasteiger partial charge is 0.480 e. The lowest BCUT2D eigenvalue weighted by Crippen LogP contribution is -2.52. The molecule has 0 saturated carbocycles. The van der Waals surface area contributed by atoms with Crippen molar-refractivity contribution in [3.8, 4) is 0 Å². The van der Waals surface area contributed by atoms with Crippen LogP contribution in [-0.2, 0) is 20.9 Å². The van der Waals surface area contributed by atoms with E-state index in [0.717, 1.165) is 5.56 Å². The SMILES string of the molecule is CSCC[C@H](NC(=O)OCc1ccccc1)C(=O)N[C@@H](CCCN=C(N)N)C(=O)O. The highest BCUT2D eigenvalue weighted by molar-refractivity contribution is 7.98. The van der Waals surface area contributed by atoms with Crippen LogP contribution in [0.25, 0.3) is 0 Å². The van der Waals surface area contributed by atoms with E-state index >= 15 is 0 Å². The van der Waals surface area contributed by atoms with Gasteiger partial charge in [-0.05, 0) is 36.8 Å². The summed E-state index contributed by atoms with van der Waals surface area (Å²) in [5.74, 6) is -1.25. The first-order valence-electron chi connectivity index (χ1n) is 9.38. The fourth-order valence-corrected chi connectivity index (χ4v) is 2.92. The first kappa shape index (κ1) is 25.1. The number of aliphatic imine (C=N–C) groups is 1. The van der Waals surface area contributed by atoms with Crippen LogP contribution >= 0.6 is 11.8 Å². The molecule has 0 bridgehead atoms. The monoisotopic (exact) mass is 439 g/mol. The molecule has 0 saturated heterocycles. The number of rotatable bonds is 13. The zero-order valence-corrected chi connectivity index (χ0v) is 17.7. The summed E-state index contributed by atoms with van der Waals surface area (Å²) in [5.41, 5.74) is 11.3. The Morgan fingerprint density at radius 3 is 2.43 bits per heavy atom. The van der Waals surface area contributed by atoms with E-state index < -0.39 is 30.1 Å². The Morgan fingerprint density at radius 2 is 1.83 bits per heavy atom. The molecule has 0 aliphatic rings. The summed E-state index contributed by atoms with van der Waals surface area (Å²) in [6.07, 6.45) is 1.96. The number of hydrogen-bond donors (Lipinski definition) is 5. The van der Waals surface area contributed by atoms with Crippen LogP contribution in [0.3, 0.4) is 0 Å². The quantitative estimate of drug-likeness (QED) is 0.169. The van der Waals surface area contributed by atoms with Gasteiger partial charge in [0.1, 0.15) is 18.7 Å². The molecule has 10 nitrogen and oxygen atoms in total. The van der Waals surface area contributed by atoms with Gasteiger partial charge in [0.2, 0.25) is 5.91 Å². The van der Waals surface area contributed by atoms with Crippen molar-refractivity contribution in [2.45, 2.75) is 38.0 Å². The van der Waals surface area contributed by atoms with E-state index in [2.05, 4.69) is 15.6 Å². The molecule has 0 heterocycles. The summed E-state index contributed by atoms with van der Waals surface area (Å²) >= 11 is 1.50. The number of carboxylic acids is 1. The molecule has 1 rings (SSSR count). The molecule has 2 amide bonds. The Kier molecular flexibility index (Phi) is 11.8. The van der Waals surface area contributed by atoms with Gasteiger partial charge in [-0.25, -0.2) is 9.59 Å². The fraction of sp³-hybridized carbons (Fsp3) is 0.474. The zero-order chi connectivity index (χ0) is 22.4. The topological polar surface area (TPSA) is 169 Å². The Balaban J connectivity index is 2.62. The van der Waals surface area contributed by atoms with Crippen LogP contribution in [0.15, 0.2) is 35.3 Å². The van der Waals surface area contributed by atoms with Gasteiger partial charge in [-0.15, -0.1) is 0 Å². The van der Waals surface area contributed by atoms with Crippen molar-refractivity contribution in [1.29, 1.82) is 0 Å². The lowest BCUT2D eigenvalue weighted by Gasteiger charge is -2.21. The maximum absolute atomic E-state index is 12.6. The molecule has 2 atom stereocenters. The molecular weight excluding hydrogens is 410 g/mol. The third kappa shape index (κ3) is 10.6. The number of nitrogens with zero attached hydrogens (tertiary/aromatic N) is 1. The number of thioether (sulfide) groups is 1. The second-order valence-electron chi connectivity index (χ2n) is 6.39. The molecule has 0 unspecified atom stereocenters. The number of alkyl carbamates (subject to hydrolysis) is 1. The Bertz CT molecular complexity index is 713. The molecule has 30 heavy (non-hydrogen) atoms. The van der Waals surface area contributed by atoms with Crippen LogP contribution < -0.4 is 22.1 Å². The first-order chi connectivity index (χ1) is 14.3. The standard InChI is InChI=1S/C19H29N5O5S/c1-30-11-9-14(24-19(28)29-12-13-6-3-2-4-7-13)16(25)23-15(17(26)27)8-5-10-22-18(20)21/h2-4,6-7,14-15H,5,8-12H2,1H3,(H,23,25)(H,24,28)(H,26,27)(H4,20,21,22)/t14-,15-/m0/s1. The summed E-state index contributed by atoms with van der Waals surface area (Å²) < 4.78 is 5.15. The van der Waals surface area contributed by atoms with E-state index in [1.807, 2.05) is 36.6 Å². The van der Waals surface area contributed by atoms with Crippen LogP contribution in [0.1, 0.15) is 24.8 Å². The lowest BCUT2D eigenvalue weighted by molar-refractivity contribution is -0.142. The summed E-state index contributed by atoms with van der Waals surface area (Å²) in [6, 6.07) is 7.08. The van der Waals surface area contributed by atoms with E-state index in [1.54, 1.807) is 0 Å². The number of benzene rings is 1. The van der Waals surface area contributed by atoms with Gasteiger partial charge in [0.05, 0.1) is 0 Å². The van der Waals surface area contributed by atoms with Crippen molar-refractivity contribution in [2.24, 2.45) is 16.5 Å². The van der Waals surface area contributed by atoms with Crippen LogP contribution in [0.2, 0.25) is 0 Å². The van der Waals surface area contributed by atoms with Gasteiger partial charge in [0.25, 0.3) is 0 Å². The van der Waals surface area contributed by atoms with Crippen LogP contribution in [0, 0.1) is 0 Å². The molecule has 0 aliphatic carbocycles. The molecule has 0 aliphatic heterocycles. The van der Waals surface area contributed by atoms with Crippen LogP contribution in [-0.4, -0.2) is 59.7 Å². The zero-order valence-electron chi connectivity index (χ0n) is 16.9. The number of hydrogen-bond acceptors (Lipinski definition) is 6. The van der Waals surface area contributed by atoms with E-state index in [4.69, 9.17) is 16.2 Å². The number of aliphatic carboxylic acids is 1. The van der Waals surface area contributed by atoms with E-state index in [1.165, 1.54) is 11.8 Å². The van der Waals surface area contributed by atoms with E-state index in [0.29, 0.717) is 18.6 Å². The van der Waals surface area contributed by atoms with Crippen molar-refractivity contribution in [1.82, 2.24) is 10.6 Å². The van der Waals surface area contributed by atoms with Crippen molar-refractivity contribution in [2.75, 3.05) is 18.6 Å². The third-order valence-electron chi connectivity index (χ3n) is 3.99. The molecule has 1 aromatic carbocycles. The highest BCUT2D eigenvalue weighted by Gasteiger charge is 2.26. The minimum atomic E-state index is -1.18. The van der Waals surface area contributed by atoms with Crippen molar-refractivity contribution in [3.63, 3.8) is 0 Å². The van der Waals surface area contributed by atoms with Crippen molar-refractivity contribution >= 4 is 35.7 Å². The molecule has 0 radical (unpaired) electrons. The summed E-state index contributed by atoms with van der Waals surface area (Å²) in [5, 5.41) is 14.3. The Morgan fingerprint density at radius 1 is 1.13 bits per heavy atom. The Labute approximate surface area is 179 Å². The molecule has 7 N–H and O–H groups in total. The number of nitrogens with one attached hydrogen (secondary N) is 2. The summed E-state index contributed by atoms with van der Waals surface area (Å²) in [4.78, 5) is 40.0. The van der Waals surface area contributed by atoms with Gasteiger partial charge in [0.15, 0.2) is 5.96 Å². The number of amides is 2. The number of carbonyl (C=O) groups excluding carboxylic acids is 2. The van der Waals surface area contributed by atoms with Gasteiger partial charge < -0.3 is 31.9 Å². The number of guanidine groups is 1. The number of ether oxygens (including phenoxy) is 1. The van der Waals surface area contributed by atoms with E-state index in [-0.39, 0.29) is 25.5 Å². The molecule has 1 aromatic rings. The van der Waals surface area contributed by atoms with Gasteiger partial charge in [-0.2, -0.15) is 11.8 Å². The molecular formula is C19H29N5O5S. The molecule has 0 spiro atoms. The van der Waals surface area contributed by atoms with Crippen LogP contribution in [0.4, 0.5) is 4.79 Å². The normalized spacial score (nSPS) is 12.3. The van der Waals surface area contributed by atoms with Crippen LogP contribution in [0.5, 0.6) is 0 Å². The second kappa shape index (κ2) is 14.1. The molecule has 166 valence electrons. The van der Waals surface area contributed by atoms with Gasteiger partial charge in [-0.3, -0.25) is 9.79 Å². The molecule has 0 fully saturated rings. The predicted molar refractivity (Wildman–Crippen MR) is 116 cm³/mol. The fourth-order valence-electron chi connectivity index (χ4n) is 2.44. The van der Waals surface area contributed by atoms with Gasteiger partial charge in [-0.1, -0.05) is 30.3 Å². The highest BCUT2D eigenvalue weighted by Crippen LogP contribution is 2.06.